The molecule has 0 spiro atoms. The smallest absolute Gasteiger partial charge is 0.327 e. The van der Waals surface area contributed by atoms with Crippen molar-refractivity contribution in [3.05, 3.63) is 72.4 Å². The Labute approximate surface area is 214 Å². The molecule has 6 rings (SSSR count). The summed E-state index contributed by atoms with van der Waals surface area (Å²) in [5, 5.41) is 6.47. The molecule has 2 N–H and O–H groups in total. The van der Waals surface area contributed by atoms with Crippen LogP contribution in [0.2, 0.25) is 0 Å². The van der Waals surface area contributed by atoms with E-state index in [-0.39, 0.29) is 11.9 Å². The molecule has 1 fully saturated rings. The lowest BCUT2D eigenvalue weighted by atomic mass is 10.00. The number of carbonyl (C=O) groups excluding carboxylic acids is 2. The lowest BCUT2D eigenvalue weighted by Gasteiger charge is -2.34. The first-order valence-corrected chi connectivity index (χ1v) is 13.1. The molecule has 3 aromatic rings. The third-order valence-electron chi connectivity index (χ3n) is 6.76. The van der Waals surface area contributed by atoms with E-state index in [1.54, 1.807) is 11.1 Å². The molecule has 8 nitrogen and oxygen atoms in total. The van der Waals surface area contributed by atoms with Gasteiger partial charge in [0.25, 0.3) is 0 Å². The van der Waals surface area contributed by atoms with Crippen molar-refractivity contribution in [2.45, 2.75) is 29.2 Å². The van der Waals surface area contributed by atoms with Gasteiger partial charge in [0.2, 0.25) is 5.91 Å². The lowest BCUT2D eigenvalue weighted by molar-refractivity contribution is -0.121. The maximum Gasteiger partial charge on any atom is 0.327 e. The summed E-state index contributed by atoms with van der Waals surface area (Å²) >= 11 is 1.42. The number of para-hydroxylation sites is 1. The van der Waals surface area contributed by atoms with Gasteiger partial charge in [0, 0.05) is 24.8 Å². The molecule has 2 unspecified atom stereocenters. The van der Waals surface area contributed by atoms with Crippen molar-refractivity contribution in [1.82, 2.24) is 20.5 Å². The van der Waals surface area contributed by atoms with Crippen LogP contribution in [0.15, 0.2) is 71.9 Å². The zero-order valence-corrected chi connectivity index (χ0v) is 20.5. The third-order valence-corrected chi connectivity index (χ3v) is 8.05. The Balaban J connectivity index is 1.19. The summed E-state index contributed by atoms with van der Waals surface area (Å²) in [6, 6.07) is 18.1. The monoisotopic (exact) mass is 501 g/mol. The number of carbonyl (C=O) groups is 2. The number of amides is 3. The van der Waals surface area contributed by atoms with Gasteiger partial charge in [0.15, 0.2) is 0 Å². The van der Waals surface area contributed by atoms with Crippen LogP contribution >= 0.6 is 11.8 Å². The van der Waals surface area contributed by atoms with E-state index < -0.39 is 11.3 Å². The number of ether oxygens (including phenoxy) is 1. The van der Waals surface area contributed by atoms with E-state index in [9.17, 15) is 9.59 Å². The van der Waals surface area contributed by atoms with Crippen molar-refractivity contribution in [3.8, 4) is 11.5 Å². The number of nitrogens with one attached hydrogen (secondary N) is 2. The number of hydrogen-bond donors (Lipinski definition) is 2. The normalized spacial score (nSPS) is 20.7. The van der Waals surface area contributed by atoms with Crippen LogP contribution in [-0.4, -0.2) is 53.3 Å². The minimum Gasteiger partial charge on any atom is -0.457 e. The maximum absolute atomic E-state index is 13.3. The molecule has 0 bridgehead atoms. The highest BCUT2D eigenvalue weighted by molar-refractivity contribution is 8.01. The number of anilines is 2. The van der Waals surface area contributed by atoms with E-state index in [1.807, 2.05) is 60.7 Å². The predicted octanol–water partition coefficient (Wildman–Crippen LogP) is 4.46. The zero-order chi connectivity index (χ0) is 24.5. The molecule has 2 aromatic carbocycles. The largest absolute Gasteiger partial charge is 0.457 e. The van der Waals surface area contributed by atoms with E-state index in [1.165, 1.54) is 24.6 Å². The summed E-state index contributed by atoms with van der Waals surface area (Å²) in [5.74, 6) is 1.36. The van der Waals surface area contributed by atoms with E-state index >= 15 is 0 Å². The average Bonchev–Trinajstić information content (AvgIpc) is 3.55. The van der Waals surface area contributed by atoms with Crippen molar-refractivity contribution < 1.29 is 14.3 Å². The van der Waals surface area contributed by atoms with Crippen LogP contribution < -0.4 is 20.3 Å². The van der Waals surface area contributed by atoms with Crippen molar-refractivity contribution in [1.29, 1.82) is 0 Å². The fourth-order valence-corrected chi connectivity index (χ4v) is 6.26. The summed E-state index contributed by atoms with van der Waals surface area (Å²) in [4.78, 5) is 34.9. The summed E-state index contributed by atoms with van der Waals surface area (Å²) < 4.78 is 5.89. The minimum absolute atomic E-state index is 0.0655. The Morgan fingerprint density at radius 1 is 1.06 bits per heavy atom. The van der Waals surface area contributed by atoms with Gasteiger partial charge in [-0.25, -0.2) is 9.78 Å². The second-order valence-corrected chi connectivity index (χ2v) is 10.2. The molecule has 3 aliphatic heterocycles. The van der Waals surface area contributed by atoms with E-state index in [0.717, 1.165) is 41.7 Å². The molecule has 184 valence electrons. The van der Waals surface area contributed by atoms with Gasteiger partial charge in [-0.2, -0.15) is 0 Å². The number of rotatable bonds is 7. The molecule has 2 atom stereocenters. The zero-order valence-electron chi connectivity index (χ0n) is 19.7. The van der Waals surface area contributed by atoms with Crippen LogP contribution in [0.25, 0.3) is 0 Å². The van der Waals surface area contributed by atoms with Crippen LogP contribution in [-0.2, 0) is 4.79 Å². The Bertz CT molecular complexity index is 1260. The van der Waals surface area contributed by atoms with Gasteiger partial charge in [-0.05, 0) is 68.4 Å². The van der Waals surface area contributed by atoms with Crippen LogP contribution in [0, 0.1) is 0 Å². The third kappa shape index (κ3) is 4.40. The Morgan fingerprint density at radius 2 is 1.81 bits per heavy atom. The lowest BCUT2D eigenvalue weighted by Crippen LogP contribution is -2.49. The second-order valence-electron chi connectivity index (χ2n) is 9.10. The van der Waals surface area contributed by atoms with E-state index in [4.69, 9.17) is 4.74 Å². The first kappa shape index (κ1) is 22.9. The number of urea groups is 1. The van der Waals surface area contributed by atoms with Crippen molar-refractivity contribution in [3.63, 3.8) is 0 Å². The van der Waals surface area contributed by atoms with E-state index in [0.29, 0.717) is 18.0 Å². The number of benzene rings is 2. The van der Waals surface area contributed by atoms with Crippen molar-refractivity contribution >= 4 is 35.1 Å². The van der Waals surface area contributed by atoms with Crippen LogP contribution in [0.1, 0.15) is 24.4 Å². The molecule has 0 radical (unpaired) electrons. The molecule has 9 heteroatoms. The average molecular weight is 502 g/mol. The number of hydrogen-bond acceptors (Lipinski definition) is 6. The molecule has 0 aliphatic carbocycles. The SMILES string of the molecule is O=C(NCCN1CCCC1)C1Sc2nccc3c2C1NC(=O)N3c1ccc(Oc2ccccc2)cc1. The second kappa shape index (κ2) is 9.83. The van der Waals surface area contributed by atoms with Gasteiger partial charge in [-0.3, -0.25) is 9.69 Å². The highest BCUT2D eigenvalue weighted by Gasteiger charge is 2.46. The molecule has 1 saturated heterocycles. The van der Waals surface area contributed by atoms with Gasteiger partial charge in [-0.1, -0.05) is 30.0 Å². The molecule has 0 saturated carbocycles. The minimum atomic E-state index is -0.444. The van der Waals surface area contributed by atoms with E-state index in [2.05, 4.69) is 20.5 Å². The van der Waals surface area contributed by atoms with Gasteiger partial charge in [0.1, 0.15) is 21.8 Å². The molecule has 1 aromatic heterocycles. The number of pyridine rings is 1. The molecule has 4 heterocycles. The standard InChI is InChI=1S/C27H27N5O3S/c33-25(28-14-17-31-15-4-5-16-31)24-23-22-21(12-13-29-26(22)36-24)32(27(34)30-23)18-8-10-20(11-9-18)35-19-6-2-1-3-7-19/h1-3,6-13,23-24H,4-5,14-17H2,(H,28,33)(H,30,34). The molecule has 36 heavy (non-hydrogen) atoms. The van der Waals surface area contributed by atoms with Crippen LogP contribution in [0.3, 0.4) is 0 Å². The highest BCUT2D eigenvalue weighted by atomic mass is 32.2. The van der Waals surface area contributed by atoms with Gasteiger partial charge >= 0.3 is 6.03 Å². The first-order valence-electron chi connectivity index (χ1n) is 12.3. The topological polar surface area (TPSA) is 86.8 Å². The Hall–Kier alpha value is -3.56. The fourth-order valence-electron chi connectivity index (χ4n) is 5.01. The summed E-state index contributed by atoms with van der Waals surface area (Å²) in [7, 11) is 0. The Morgan fingerprint density at radius 3 is 2.58 bits per heavy atom. The van der Waals surface area contributed by atoms with Crippen LogP contribution in [0.5, 0.6) is 11.5 Å². The van der Waals surface area contributed by atoms with Gasteiger partial charge in [0.05, 0.1) is 17.4 Å². The summed E-state index contributed by atoms with van der Waals surface area (Å²) in [5.41, 5.74) is 2.36. The maximum atomic E-state index is 13.3. The fraction of sp³-hybridized carbons (Fsp3) is 0.296. The van der Waals surface area contributed by atoms with Gasteiger partial charge in [-0.15, -0.1) is 0 Å². The van der Waals surface area contributed by atoms with Crippen LogP contribution in [0.4, 0.5) is 16.2 Å². The van der Waals surface area contributed by atoms with Gasteiger partial charge < -0.3 is 20.3 Å². The molecular formula is C27H27N5O3S. The molecular weight excluding hydrogens is 474 g/mol. The van der Waals surface area contributed by atoms with Crippen molar-refractivity contribution in [2.24, 2.45) is 0 Å². The number of thioether (sulfide) groups is 1. The predicted molar refractivity (Wildman–Crippen MR) is 139 cm³/mol. The molecule has 3 aliphatic rings. The van der Waals surface area contributed by atoms with Crippen molar-refractivity contribution in [2.75, 3.05) is 31.1 Å². The number of aromatic nitrogens is 1. The summed E-state index contributed by atoms with van der Waals surface area (Å²) in [6.45, 7) is 3.66. The Kier molecular flexibility index (Phi) is 6.25. The molecule has 3 amide bonds. The number of likely N-dealkylation sites (tertiary alicyclic amines) is 1. The highest BCUT2D eigenvalue weighted by Crippen LogP contribution is 2.50. The first-order chi connectivity index (χ1) is 17.7. The quantitative estimate of drug-likeness (QED) is 0.497. The summed E-state index contributed by atoms with van der Waals surface area (Å²) in [6.07, 6.45) is 4.15. The number of nitrogens with zero attached hydrogens (tertiary/aromatic N) is 3.